The molecule has 84 valence electrons. The average Bonchev–Trinajstić information content (AvgIpc) is 2.54. The number of hydrogen-bond acceptors (Lipinski definition) is 1. The normalized spacial score (nSPS) is 29.2. The molecule has 0 N–H and O–H groups in total. The van der Waals surface area contributed by atoms with Gasteiger partial charge >= 0.3 is 0 Å². The summed E-state index contributed by atoms with van der Waals surface area (Å²) >= 11 is 5.92. The minimum Gasteiger partial charge on any atom is -0.297 e. The van der Waals surface area contributed by atoms with Crippen LogP contribution in [0.3, 0.4) is 0 Å². The second kappa shape index (κ2) is 3.90. The van der Waals surface area contributed by atoms with Gasteiger partial charge in [-0.3, -0.25) is 4.90 Å². The highest BCUT2D eigenvalue weighted by molar-refractivity contribution is 6.30. The number of benzene rings is 1. The molecule has 0 aliphatic carbocycles. The molecule has 1 saturated heterocycles. The zero-order valence-corrected chi connectivity index (χ0v) is 10.2. The van der Waals surface area contributed by atoms with Crippen LogP contribution in [0.1, 0.15) is 24.8 Å². The van der Waals surface area contributed by atoms with Crippen LogP contribution in [0.2, 0.25) is 5.02 Å². The van der Waals surface area contributed by atoms with E-state index in [1.165, 1.54) is 30.4 Å². The van der Waals surface area contributed by atoms with Crippen LogP contribution < -0.4 is 0 Å². The maximum Gasteiger partial charge on any atom is 0.0406 e. The Balaban J connectivity index is 1.92. The van der Waals surface area contributed by atoms with Gasteiger partial charge in [-0.1, -0.05) is 29.8 Å². The summed E-state index contributed by atoms with van der Waals surface area (Å²) in [6.45, 7) is 0. The third-order valence-corrected chi connectivity index (χ3v) is 4.21. The lowest BCUT2D eigenvalue weighted by Crippen LogP contribution is -2.34. The lowest BCUT2D eigenvalue weighted by molar-refractivity contribution is 0.264. The van der Waals surface area contributed by atoms with Crippen LogP contribution in [0.25, 0.3) is 5.57 Å². The zero-order valence-electron chi connectivity index (χ0n) is 9.49. The highest BCUT2D eigenvalue weighted by Crippen LogP contribution is 2.37. The summed E-state index contributed by atoms with van der Waals surface area (Å²) in [7, 11) is 2.25. The minimum atomic E-state index is 0.657. The summed E-state index contributed by atoms with van der Waals surface area (Å²) < 4.78 is 0. The van der Waals surface area contributed by atoms with Crippen LogP contribution in [0.4, 0.5) is 0 Å². The maximum atomic E-state index is 5.92. The lowest BCUT2D eigenvalue weighted by atomic mass is 9.95. The average molecular weight is 234 g/mol. The molecule has 2 aliphatic rings. The Kier molecular flexibility index (Phi) is 2.53. The van der Waals surface area contributed by atoms with Crippen molar-refractivity contribution in [1.29, 1.82) is 0 Å². The van der Waals surface area contributed by atoms with Crippen LogP contribution >= 0.6 is 11.6 Å². The highest BCUT2D eigenvalue weighted by atomic mass is 35.5. The van der Waals surface area contributed by atoms with E-state index < -0.39 is 0 Å². The predicted octanol–water partition coefficient (Wildman–Crippen LogP) is 3.59. The van der Waals surface area contributed by atoms with Crippen molar-refractivity contribution in [3.63, 3.8) is 0 Å². The molecule has 0 radical (unpaired) electrons. The van der Waals surface area contributed by atoms with Gasteiger partial charge in [0.1, 0.15) is 0 Å². The number of halogens is 1. The van der Waals surface area contributed by atoms with Crippen LogP contribution in [-0.4, -0.2) is 24.0 Å². The Labute approximate surface area is 102 Å². The van der Waals surface area contributed by atoms with Crippen LogP contribution in [-0.2, 0) is 0 Å². The molecule has 1 aromatic rings. The van der Waals surface area contributed by atoms with Crippen molar-refractivity contribution in [2.24, 2.45) is 0 Å². The van der Waals surface area contributed by atoms with Crippen molar-refractivity contribution >= 4 is 17.2 Å². The van der Waals surface area contributed by atoms with Crippen LogP contribution in [0.5, 0.6) is 0 Å². The van der Waals surface area contributed by atoms with Gasteiger partial charge in [-0.25, -0.2) is 0 Å². The Morgan fingerprint density at radius 2 is 1.94 bits per heavy atom. The Hall–Kier alpha value is -0.790. The summed E-state index contributed by atoms with van der Waals surface area (Å²) in [6.07, 6.45) is 6.29. The van der Waals surface area contributed by atoms with Crippen molar-refractivity contribution in [2.75, 3.05) is 7.05 Å². The first-order chi connectivity index (χ1) is 7.74. The molecule has 1 nitrogen and oxygen atoms in total. The fourth-order valence-electron chi connectivity index (χ4n) is 2.92. The Bertz CT molecular complexity index is 421. The fourth-order valence-corrected chi connectivity index (χ4v) is 3.05. The van der Waals surface area contributed by atoms with Crippen LogP contribution in [0.15, 0.2) is 30.3 Å². The molecule has 0 aromatic heterocycles. The van der Waals surface area contributed by atoms with Gasteiger partial charge in [-0.15, -0.1) is 0 Å². The molecule has 2 heteroatoms. The molecule has 2 atom stereocenters. The summed E-state index contributed by atoms with van der Waals surface area (Å²) in [5, 5.41) is 0.820. The largest absolute Gasteiger partial charge is 0.297 e. The third-order valence-electron chi connectivity index (χ3n) is 3.96. The SMILES string of the molecule is CN1[C@H]2CC[C@@H]1C=C(c1ccc(Cl)cc1)C2. The molecule has 3 rings (SSSR count). The van der Waals surface area contributed by atoms with E-state index >= 15 is 0 Å². The van der Waals surface area contributed by atoms with E-state index in [0.29, 0.717) is 6.04 Å². The molecule has 16 heavy (non-hydrogen) atoms. The van der Waals surface area contributed by atoms with Crippen LogP contribution in [0, 0.1) is 0 Å². The number of fused-ring (bicyclic) bond motifs is 2. The molecular weight excluding hydrogens is 218 g/mol. The van der Waals surface area contributed by atoms with Gasteiger partial charge in [0.05, 0.1) is 0 Å². The molecule has 0 unspecified atom stereocenters. The van der Waals surface area contributed by atoms with Crippen molar-refractivity contribution < 1.29 is 0 Å². The molecule has 2 bridgehead atoms. The van der Waals surface area contributed by atoms with E-state index in [1.807, 2.05) is 12.1 Å². The van der Waals surface area contributed by atoms with Gasteiger partial charge in [-0.05, 0) is 49.6 Å². The van der Waals surface area contributed by atoms with Gasteiger partial charge in [0, 0.05) is 17.1 Å². The number of nitrogens with zero attached hydrogens (tertiary/aromatic N) is 1. The first-order valence-electron chi connectivity index (χ1n) is 5.92. The first-order valence-corrected chi connectivity index (χ1v) is 6.30. The third kappa shape index (κ3) is 1.68. The highest BCUT2D eigenvalue weighted by Gasteiger charge is 2.33. The second-order valence-electron chi connectivity index (χ2n) is 4.87. The van der Waals surface area contributed by atoms with E-state index in [4.69, 9.17) is 11.6 Å². The van der Waals surface area contributed by atoms with E-state index in [9.17, 15) is 0 Å². The topological polar surface area (TPSA) is 3.24 Å². The molecule has 0 saturated carbocycles. The molecule has 0 spiro atoms. The van der Waals surface area contributed by atoms with Gasteiger partial charge in [0.25, 0.3) is 0 Å². The summed E-state index contributed by atoms with van der Waals surface area (Å²) in [5.74, 6) is 0. The van der Waals surface area contributed by atoms with Gasteiger partial charge in [-0.2, -0.15) is 0 Å². The second-order valence-corrected chi connectivity index (χ2v) is 5.30. The smallest absolute Gasteiger partial charge is 0.0406 e. The molecule has 2 heterocycles. The quantitative estimate of drug-likeness (QED) is 0.717. The Morgan fingerprint density at radius 1 is 1.19 bits per heavy atom. The molecule has 0 amide bonds. The maximum absolute atomic E-state index is 5.92. The van der Waals surface area contributed by atoms with Crippen molar-refractivity contribution in [1.82, 2.24) is 4.90 Å². The number of hydrogen-bond donors (Lipinski definition) is 0. The fraction of sp³-hybridized carbons (Fsp3) is 0.429. The summed E-state index contributed by atoms with van der Waals surface area (Å²) in [6, 6.07) is 9.65. The molecule has 2 aliphatic heterocycles. The van der Waals surface area contributed by atoms with E-state index in [1.54, 1.807) is 0 Å². The van der Waals surface area contributed by atoms with Gasteiger partial charge in [0.2, 0.25) is 0 Å². The van der Waals surface area contributed by atoms with E-state index in [-0.39, 0.29) is 0 Å². The first kappa shape index (κ1) is 10.4. The molecule has 1 fully saturated rings. The van der Waals surface area contributed by atoms with Gasteiger partial charge in [0.15, 0.2) is 0 Å². The van der Waals surface area contributed by atoms with Crippen molar-refractivity contribution in [3.05, 3.63) is 40.9 Å². The molecular formula is C14H16ClN. The minimum absolute atomic E-state index is 0.657. The zero-order chi connectivity index (χ0) is 11.1. The summed E-state index contributed by atoms with van der Waals surface area (Å²) in [5.41, 5.74) is 2.84. The summed E-state index contributed by atoms with van der Waals surface area (Å²) in [4.78, 5) is 2.51. The monoisotopic (exact) mass is 233 g/mol. The van der Waals surface area contributed by atoms with E-state index in [0.717, 1.165) is 11.1 Å². The predicted molar refractivity (Wildman–Crippen MR) is 68.6 cm³/mol. The number of likely N-dealkylation sites (N-methyl/N-ethyl adjacent to an activating group) is 1. The van der Waals surface area contributed by atoms with E-state index in [2.05, 4.69) is 30.2 Å². The lowest BCUT2D eigenvalue weighted by Gasteiger charge is -2.30. The van der Waals surface area contributed by atoms with Crippen molar-refractivity contribution in [3.8, 4) is 0 Å². The number of rotatable bonds is 1. The van der Waals surface area contributed by atoms with Gasteiger partial charge < -0.3 is 0 Å². The Morgan fingerprint density at radius 3 is 2.62 bits per heavy atom. The van der Waals surface area contributed by atoms with Crippen molar-refractivity contribution in [2.45, 2.75) is 31.3 Å². The molecule has 1 aromatic carbocycles. The standard InChI is InChI=1S/C14H16ClN/c1-16-13-6-7-14(16)9-11(8-13)10-2-4-12(15)5-3-10/h2-5,8,13-14H,6-7,9H2,1H3/t13-,14+/m1/s1.